The monoisotopic (exact) mass is 612 g/mol. The van der Waals surface area contributed by atoms with Crippen LogP contribution in [0.2, 0.25) is 0 Å². The number of unbranched alkanes of at least 4 members (excludes halogenated alkanes) is 1. The van der Waals surface area contributed by atoms with Crippen LogP contribution in [0.4, 0.5) is 0 Å². The van der Waals surface area contributed by atoms with E-state index in [9.17, 15) is 0 Å². The van der Waals surface area contributed by atoms with Crippen molar-refractivity contribution in [1.82, 2.24) is 0 Å². The molecule has 0 unspecified atom stereocenters. The van der Waals surface area contributed by atoms with E-state index < -0.39 is 0 Å². The second kappa shape index (κ2) is 8.35. The van der Waals surface area contributed by atoms with Gasteiger partial charge in [0.1, 0.15) is 5.75 Å². The van der Waals surface area contributed by atoms with E-state index in [1.165, 1.54) is 3.57 Å². The van der Waals surface area contributed by atoms with Gasteiger partial charge >= 0.3 is 0 Å². The van der Waals surface area contributed by atoms with Crippen LogP contribution in [0.5, 0.6) is 5.75 Å². The lowest BCUT2D eigenvalue weighted by molar-refractivity contribution is 0.292. The smallest absolute Gasteiger partial charge is 0.145 e. The molecule has 0 atom stereocenters. The van der Waals surface area contributed by atoms with E-state index in [0.29, 0.717) is 6.61 Å². The molecule has 20 heavy (non-hydrogen) atoms. The Morgan fingerprint density at radius 3 is 2.25 bits per heavy atom. The normalized spacial score (nSPS) is 11.4. The quantitative estimate of drug-likeness (QED) is 0.197. The van der Waals surface area contributed by atoms with Gasteiger partial charge in [-0.1, -0.05) is 13.8 Å². The lowest BCUT2D eigenvalue weighted by Crippen LogP contribution is -2.30. The number of nitrogens with two attached hydrogens (primary N) is 1. The summed E-state index contributed by atoms with van der Waals surface area (Å²) in [6.07, 6.45) is 2.92. The van der Waals surface area contributed by atoms with Crippen LogP contribution < -0.4 is 10.5 Å². The van der Waals surface area contributed by atoms with E-state index in [2.05, 4.69) is 79.9 Å². The predicted octanol–water partition coefficient (Wildman–Crippen LogP) is 5.01. The number of amidine groups is 1. The SMILES string of the molecule is CC(C)(CCCCOc1c(I)cc(I)cc1I)C(=N)N. The topological polar surface area (TPSA) is 59.1 Å². The Hall–Kier alpha value is 0.680. The number of rotatable bonds is 7. The minimum absolute atomic E-state index is 0.203. The van der Waals surface area contributed by atoms with Crippen molar-refractivity contribution < 1.29 is 4.74 Å². The van der Waals surface area contributed by atoms with Gasteiger partial charge < -0.3 is 10.5 Å². The van der Waals surface area contributed by atoms with Crippen LogP contribution >= 0.6 is 67.8 Å². The molecule has 1 aromatic rings. The lowest BCUT2D eigenvalue weighted by Gasteiger charge is -2.22. The van der Waals surface area contributed by atoms with Crippen molar-refractivity contribution in [3.8, 4) is 5.75 Å². The number of hydrogen-bond donors (Lipinski definition) is 2. The fourth-order valence-electron chi connectivity index (χ4n) is 1.64. The summed E-state index contributed by atoms with van der Waals surface area (Å²) in [5.74, 6) is 1.25. The Morgan fingerprint density at radius 2 is 1.75 bits per heavy atom. The minimum Gasteiger partial charge on any atom is -0.491 e. The largest absolute Gasteiger partial charge is 0.491 e. The van der Waals surface area contributed by atoms with Gasteiger partial charge in [-0.05, 0) is 99.2 Å². The van der Waals surface area contributed by atoms with Gasteiger partial charge in [-0.15, -0.1) is 0 Å². The Kier molecular flexibility index (Phi) is 7.82. The third kappa shape index (κ3) is 5.82. The highest BCUT2D eigenvalue weighted by atomic mass is 127. The number of ether oxygens (including phenoxy) is 1. The molecule has 0 aliphatic carbocycles. The van der Waals surface area contributed by atoms with Crippen molar-refractivity contribution in [3.63, 3.8) is 0 Å². The maximum absolute atomic E-state index is 7.53. The molecule has 0 saturated carbocycles. The summed E-state index contributed by atoms with van der Waals surface area (Å²) < 4.78 is 9.43. The third-order valence-electron chi connectivity index (χ3n) is 3.13. The van der Waals surface area contributed by atoms with E-state index in [0.717, 1.165) is 32.2 Å². The first-order valence-corrected chi connectivity index (χ1v) is 9.59. The average molecular weight is 612 g/mol. The molecule has 1 rings (SSSR count). The fraction of sp³-hybridized carbons (Fsp3) is 0.500. The first-order valence-electron chi connectivity index (χ1n) is 6.36. The molecule has 3 nitrogen and oxygen atoms in total. The molecule has 6 heteroatoms. The van der Waals surface area contributed by atoms with Crippen molar-refractivity contribution in [2.45, 2.75) is 33.1 Å². The molecule has 112 valence electrons. The highest BCUT2D eigenvalue weighted by molar-refractivity contribution is 14.1. The van der Waals surface area contributed by atoms with Crippen LogP contribution in [-0.4, -0.2) is 12.4 Å². The van der Waals surface area contributed by atoms with Crippen LogP contribution in [0.1, 0.15) is 33.1 Å². The summed E-state index contributed by atoms with van der Waals surface area (Å²) in [6.45, 7) is 4.74. The molecule has 0 aliphatic rings. The standard InChI is InChI=1S/C14H19I3N2O/c1-14(2,13(18)19)5-3-4-6-20-12-10(16)7-9(15)8-11(12)17/h7-8H,3-6H2,1-2H3,(H3,18,19). The summed E-state index contributed by atoms with van der Waals surface area (Å²) in [5.41, 5.74) is 5.38. The summed E-state index contributed by atoms with van der Waals surface area (Å²) in [4.78, 5) is 0. The molecule has 0 saturated heterocycles. The maximum atomic E-state index is 7.53. The van der Waals surface area contributed by atoms with Gasteiger partial charge in [0, 0.05) is 8.99 Å². The lowest BCUT2D eigenvalue weighted by atomic mass is 9.86. The summed E-state index contributed by atoms with van der Waals surface area (Å²) in [5, 5.41) is 7.53. The molecular weight excluding hydrogens is 593 g/mol. The van der Waals surface area contributed by atoms with E-state index in [4.69, 9.17) is 15.9 Å². The number of hydrogen-bond acceptors (Lipinski definition) is 2. The highest BCUT2D eigenvalue weighted by Crippen LogP contribution is 2.30. The Balaban J connectivity index is 2.41. The molecule has 3 N–H and O–H groups in total. The molecule has 0 bridgehead atoms. The zero-order chi connectivity index (χ0) is 15.3. The summed E-state index contributed by atoms with van der Waals surface area (Å²) in [7, 11) is 0. The van der Waals surface area contributed by atoms with Crippen molar-refractivity contribution in [3.05, 3.63) is 22.8 Å². The third-order valence-corrected chi connectivity index (χ3v) is 5.36. The predicted molar refractivity (Wildman–Crippen MR) is 110 cm³/mol. The molecule has 0 heterocycles. The van der Waals surface area contributed by atoms with Gasteiger partial charge in [-0.25, -0.2) is 0 Å². The summed E-state index contributed by atoms with van der Waals surface area (Å²) >= 11 is 6.95. The van der Waals surface area contributed by atoms with Gasteiger partial charge in [0.2, 0.25) is 0 Å². The summed E-state index contributed by atoms with van der Waals surface area (Å²) in [6, 6.07) is 4.24. The van der Waals surface area contributed by atoms with Gasteiger partial charge in [0.15, 0.2) is 0 Å². The van der Waals surface area contributed by atoms with E-state index in [-0.39, 0.29) is 11.3 Å². The molecule has 0 spiro atoms. The van der Waals surface area contributed by atoms with Gasteiger partial charge in [-0.3, -0.25) is 5.41 Å². The van der Waals surface area contributed by atoms with Gasteiger partial charge in [-0.2, -0.15) is 0 Å². The van der Waals surface area contributed by atoms with Crippen LogP contribution in [0.3, 0.4) is 0 Å². The van der Waals surface area contributed by atoms with E-state index >= 15 is 0 Å². The van der Waals surface area contributed by atoms with Crippen molar-refractivity contribution >= 4 is 73.6 Å². The minimum atomic E-state index is -0.203. The van der Waals surface area contributed by atoms with Crippen molar-refractivity contribution in [1.29, 1.82) is 5.41 Å². The molecule has 0 radical (unpaired) electrons. The Morgan fingerprint density at radius 1 is 1.20 bits per heavy atom. The zero-order valence-electron chi connectivity index (χ0n) is 11.6. The molecular formula is C14H19I3N2O. The first kappa shape index (κ1) is 18.7. The second-order valence-electron chi connectivity index (χ2n) is 5.30. The molecule has 0 aromatic heterocycles. The number of halogens is 3. The maximum Gasteiger partial charge on any atom is 0.145 e. The van der Waals surface area contributed by atoms with Crippen LogP contribution in [0, 0.1) is 21.5 Å². The molecule has 0 fully saturated rings. The van der Waals surface area contributed by atoms with Gasteiger partial charge in [0.25, 0.3) is 0 Å². The number of benzene rings is 1. The average Bonchev–Trinajstić information content (AvgIpc) is 2.31. The first-order chi connectivity index (χ1) is 9.24. The molecule has 0 aliphatic heterocycles. The zero-order valence-corrected chi connectivity index (χ0v) is 18.1. The van der Waals surface area contributed by atoms with Crippen LogP contribution in [0.15, 0.2) is 12.1 Å². The van der Waals surface area contributed by atoms with Crippen molar-refractivity contribution in [2.75, 3.05) is 6.61 Å². The van der Waals surface area contributed by atoms with E-state index in [1.807, 2.05) is 13.8 Å². The van der Waals surface area contributed by atoms with Crippen LogP contribution in [0.25, 0.3) is 0 Å². The number of nitrogens with one attached hydrogen (secondary N) is 1. The van der Waals surface area contributed by atoms with Crippen molar-refractivity contribution in [2.24, 2.45) is 11.1 Å². The fourth-order valence-corrected chi connectivity index (χ4v) is 5.54. The molecule has 1 aromatic carbocycles. The molecule has 0 amide bonds. The highest BCUT2D eigenvalue weighted by Gasteiger charge is 2.20. The Bertz CT molecular complexity index is 466. The second-order valence-corrected chi connectivity index (χ2v) is 8.87. The van der Waals surface area contributed by atoms with E-state index in [1.54, 1.807) is 0 Å². The Labute approximate surface area is 161 Å². The van der Waals surface area contributed by atoms with Gasteiger partial charge in [0.05, 0.1) is 19.6 Å². The van der Waals surface area contributed by atoms with Crippen LogP contribution in [-0.2, 0) is 0 Å².